The minimum atomic E-state index is -0.675. The molecule has 0 spiro atoms. The lowest BCUT2D eigenvalue weighted by molar-refractivity contribution is -0.146. The van der Waals surface area contributed by atoms with Crippen LogP contribution in [0.4, 0.5) is 0 Å². The summed E-state index contributed by atoms with van der Waals surface area (Å²) in [6.45, 7) is 3.09. The molecule has 2 N–H and O–H groups in total. The zero-order chi connectivity index (χ0) is 23.8. The highest BCUT2D eigenvalue weighted by Crippen LogP contribution is 2.32. The van der Waals surface area contributed by atoms with Gasteiger partial charge in [-0.25, -0.2) is 4.68 Å². The van der Waals surface area contributed by atoms with E-state index in [0.717, 1.165) is 11.4 Å². The third-order valence-corrected chi connectivity index (χ3v) is 5.70. The van der Waals surface area contributed by atoms with Crippen molar-refractivity contribution in [1.29, 1.82) is 0 Å². The summed E-state index contributed by atoms with van der Waals surface area (Å²) in [4.78, 5) is 26.2. The predicted octanol–water partition coefficient (Wildman–Crippen LogP) is 1.75. The average Bonchev–Trinajstić information content (AvgIpc) is 3.05. The summed E-state index contributed by atoms with van der Waals surface area (Å²) in [7, 11) is 3.41. The van der Waals surface area contributed by atoms with E-state index in [4.69, 9.17) is 19.3 Å². The van der Waals surface area contributed by atoms with Crippen molar-refractivity contribution in [1.82, 2.24) is 14.7 Å². The van der Waals surface area contributed by atoms with Gasteiger partial charge in [0.2, 0.25) is 6.29 Å². The summed E-state index contributed by atoms with van der Waals surface area (Å²) in [5, 5.41) is 11.8. The van der Waals surface area contributed by atoms with Crippen molar-refractivity contribution in [3.63, 3.8) is 0 Å². The Morgan fingerprint density at radius 1 is 1.24 bits per heavy atom. The van der Waals surface area contributed by atoms with Crippen molar-refractivity contribution in [3.8, 4) is 5.69 Å². The number of methoxy groups -OCH3 is 1. The van der Waals surface area contributed by atoms with Crippen LogP contribution in [0.15, 0.2) is 47.0 Å². The Labute approximate surface area is 193 Å². The minimum absolute atomic E-state index is 0.0901. The average molecular weight is 460 g/mol. The maximum absolute atomic E-state index is 13.5. The lowest BCUT2D eigenvalue weighted by Gasteiger charge is -2.29. The van der Waals surface area contributed by atoms with Gasteiger partial charge in [0, 0.05) is 50.9 Å². The third-order valence-electron chi connectivity index (χ3n) is 5.70. The number of benzene rings is 1. The van der Waals surface area contributed by atoms with E-state index in [9.17, 15) is 9.59 Å². The second-order valence-corrected chi connectivity index (χ2v) is 7.95. The molecule has 1 aliphatic rings. The largest absolute Gasteiger partial charge is 0.459 e. The van der Waals surface area contributed by atoms with Crippen LogP contribution in [0, 0.1) is 6.92 Å². The number of nitrogens with one attached hydrogen (secondary N) is 1. The number of rotatable bonds is 11. The summed E-state index contributed by atoms with van der Waals surface area (Å²) >= 11 is 0. The van der Waals surface area contributed by atoms with Crippen molar-refractivity contribution < 1.29 is 24.1 Å². The molecule has 180 valence electrons. The Balaban J connectivity index is 1.92. The van der Waals surface area contributed by atoms with Crippen LogP contribution in [-0.4, -0.2) is 60.1 Å². The van der Waals surface area contributed by atoms with Crippen LogP contribution in [0.5, 0.6) is 0 Å². The van der Waals surface area contributed by atoms with E-state index in [-0.39, 0.29) is 29.8 Å². The normalized spacial score (nSPS) is 18.0. The van der Waals surface area contributed by atoms with Gasteiger partial charge in [0.05, 0.1) is 18.9 Å². The number of aliphatic hydroxyl groups excluding tert-OH is 1. The summed E-state index contributed by atoms with van der Waals surface area (Å²) in [6, 6.07) is 9.44. The van der Waals surface area contributed by atoms with Gasteiger partial charge in [0.15, 0.2) is 5.76 Å². The Bertz CT molecular complexity index is 1010. The minimum Gasteiger partial charge on any atom is -0.459 e. The molecule has 0 aliphatic carbocycles. The van der Waals surface area contributed by atoms with Gasteiger partial charge in [-0.1, -0.05) is 18.2 Å². The zero-order valence-corrected chi connectivity index (χ0v) is 19.5. The number of para-hydroxylation sites is 1. The maximum Gasteiger partial charge on any atom is 0.286 e. The molecule has 1 aliphatic heterocycles. The number of hydrogen-bond acceptors (Lipinski definition) is 6. The van der Waals surface area contributed by atoms with E-state index in [1.807, 2.05) is 49.0 Å². The molecule has 9 heteroatoms. The predicted molar refractivity (Wildman–Crippen MR) is 123 cm³/mol. The van der Waals surface area contributed by atoms with E-state index >= 15 is 0 Å². The van der Waals surface area contributed by atoms with Gasteiger partial charge >= 0.3 is 0 Å². The summed E-state index contributed by atoms with van der Waals surface area (Å²) in [5.41, 5.74) is 2.05. The van der Waals surface area contributed by atoms with Gasteiger partial charge in [0.1, 0.15) is 0 Å². The molecule has 0 unspecified atom stereocenters. The van der Waals surface area contributed by atoms with Gasteiger partial charge in [-0.2, -0.15) is 0 Å². The number of nitrogens with zero attached hydrogens (tertiary/aromatic N) is 2. The highest BCUT2D eigenvalue weighted by atomic mass is 16.7. The van der Waals surface area contributed by atoms with Crippen LogP contribution in [0.3, 0.4) is 0 Å². The zero-order valence-electron chi connectivity index (χ0n) is 19.5. The molecule has 1 aromatic carbocycles. The number of amides is 1. The maximum atomic E-state index is 13.5. The van der Waals surface area contributed by atoms with Crippen molar-refractivity contribution >= 4 is 5.91 Å². The first-order chi connectivity index (χ1) is 16.0. The number of hydrogen-bond donors (Lipinski definition) is 2. The number of aliphatic hydroxyl groups is 1. The number of carbonyl (C=O) groups is 1. The Hall–Kier alpha value is -2.88. The fourth-order valence-electron chi connectivity index (χ4n) is 3.92. The lowest BCUT2D eigenvalue weighted by Crippen LogP contribution is -2.35. The van der Waals surface area contributed by atoms with Gasteiger partial charge in [-0.05, 0) is 38.0 Å². The van der Waals surface area contributed by atoms with Crippen molar-refractivity contribution in [2.75, 3.05) is 33.5 Å². The highest BCUT2D eigenvalue weighted by molar-refractivity contribution is 5.91. The smallest absolute Gasteiger partial charge is 0.286 e. The van der Waals surface area contributed by atoms with Crippen LogP contribution in [-0.2, 0) is 26.1 Å². The molecular weight excluding hydrogens is 426 g/mol. The standard InChI is InChI=1S/C24H33N3O6/c1-17-22(24(30)27(26(17)2)19-9-5-4-6-10-19)18-15-20(23(29)25-11-14-31-3)33-21(16-18)32-13-8-7-12-28/h4-6,9-10,15,18,21,28H,7-8,11-14,16H2,1-3H3,(H,25,29)/t18-,21+/m1/s1. The number of carbonyl (C=O) groups excluding carboxylic acids is 1. The third kappa shape index (κ3) is 5.93. The fraction of sp³-hybridized carbons (Fsp3) is 0.500. The summed E-state index contributed by atoms with van der Waals surface area (Å²) < 4.78 is 20.1. The summed E-state index contributed by atoms with van der Waals surface area (Å²) in [5.74, 6) is -0.602. The Morgan fingerprint density at radius 2 is 2.00 bits per heavy atom. The highest BCUT2D eigenvalue weighted by Gasteiger charge is 2.32. The number of aromatic nitrogens is 2. The first-order valence-electron chi connectivity index (χ1n) is 11.2. The van der Waals surface area contributed by atoms with Gasteiger partial charge < -0.3 is 24.6 Å². The number of ether oxygens (including phenoxy) is 3. The second-order valence-electron chi connectivity index (χ2n) is 7.95. The quantitative estimate of drug-likeness (QED) is 0.496. The molecule has 0 saturated carbocycles. The van der Waals surface area contributed by atoms with E-state index < -0.39 is 6.29 Å². The first kappa shape index (κ1) is 24.8. The first-order valence-corrected chi connectivity index (χ1v) is 11.2. The molecular formula is C24H33N3O6. The van der Waals surface area contributed by atoms with Crippen molar-refractivity contribution in [3.05, 3.63) is 63.8 Å². The van der Waals surface area contributed by atoms with Crippen LogP contribution in [0.25, 0.3) is 5.69 Å². The van der Waals surface area contributed by atoms with E-state index in [1.54, 1.807) is 17.9 Å². The number of allylic oxidation sites excluding steroid dienone is 1. The van der Waals surface area contributed by atoms with E-state index in [1.165, 1.54) is 0 Å². The van der Waals surface area contributed by atoms with Crippen molar-refractivity contribution in [2.45, 2.75) is 38.4 Å². The number of unbranched alkanes of at least 4 members (excludes halogenated alkanes) is 1. The lowest BCUT2D eigenvalue weighted by atomic mass is 9.93. The van der Waals surface area contributed by atoms with Crippen LogP contribution in [0.1, 0.15) is 36.4 Å². The fourth-order valence-corrected chi connectivity index (χ4v) is 3.92. The molecule has 2 aromatic rings. The molecule has 2 heterocycles. The molecule has 0 fully saturated rings. The molecule has 0 saturated heterocycles. The van der Waals surface area contributed by atoms with Gasteiger partial charge in [0.25, 0.3) is 11.5 Å². The summed E-state index contributed by atoms with van der Waals surface area (Å²) in [6.07, 6.45) is 2.73. The molecule has 1 aromatic heterocycles. The molecule has 0 bridgehead atoms. The van der Waals surface area contributed by atoms with E-state index in [0.29, 0.717) is 44.6 Å². The van der Waals surface area contributed by atoms with Gasteiger partial charge in [-0.3, -0.25) is 14.3 Å². The monoisotopic (exact) mass is 459 g/mol. The Morgan fingerprint density at radius 3 is 2.70 bits per heavy atom. The van der Waals surface area contributed by atoms with Gasteiger partial charge in [-0.15, -0.1) is 0 Å². The molecule has 3 rings (SSSR count). The molecule has 1 amide bonds. The second kappa shape index (κ2) is 11.8. The van der Waals surface area contributed by atoms with Crippen LogP contribution < -0.4 is 10.9 Å². The molecule has 2 atom stereocenters. The molecule has 33 heavy (non-hydrogen) atoms. The SMILES string of the molecule is COCCNC(=O)C1=C[C@@H](c2c(C)n(C)n(-c3ccccc3)c2=O)C[C@@H](OCCCCO)O1. The molecule has 0 radical (unpaired) electrons. The van der Waals surface area contributed by atoms with Crippen molar-refractivity contribution in [2.24, 2.45) is 7.05 Å². The Kier molecular flexibility index (Phi) is 8.87. The molecule has 9 nitrogen and oxygen atoms in total. The van der Waals surface area contributed by atoms with Crippen LogP contribution in [0.2, 0.25) is 0 Å². The topological polar surface area (TPSA) is 104 Å². The van der Waals surface area contributed by atoms with Crippen LogP contribution >= 0.6 is 0 Å². The van der Waals surface area contributed by atoms with E-state index in [2.05, 4.69) is 5.32 Å².